The molecule has 0 aliphatic rings. The van der Waals surface area contributed by atoms with E-state index in [2.05, 4.69) is 10.5 Å². The Morgan fingerprint density at radius 2 is 1.96 bits per heavy atom. The fourth-order valence-corrected chi connectivity index (χ4v) is 2.43. The van der Waals surface area contributed by atoms with Crippen LogP contribution in [-0.4, -0.2) is 25.3 Å². The average Bonchev–Trinajstić information content (AvgIpc) is 3.12. The molecule has 7 heteroatoms. The predicted molar refractivity (Wildman–Crippen MR) is 94.4 cm³/mol. The number of carbonyl (C=O) groups is 1. The van der Waals surface area contributed by atoms with Crippen LogP contribution in [0, 0.1) is 0 Å². The molecule has 1 N–H and O–H groups in total. The quantitative estimate of drug-likeness (QED) is 0.737. The first-order valence-corrected chi connectivity index (χ1v) is 7.74. The maximum atomic E-state index is 12.4. The summed E-state index contributed by atoms with van der Waals surface area (Å²) in [5, 5.41) is 7.01. The van der Waals surface area contributed by atoms with Gasteiger partial charge in [-0.05, 0) is 30.3 Å². The largest absolute Gasteiger partial charge is 0.497 e. The Hall–Kier alpha value is -2.99. The Morgan fingerprint density at radius 1 is 1.12 bits per heavy atom. The number of hydrogen-bond donors (Lipinski definition) is 1. The van der Waals surface area contributed by atoms with E-state index in [1.54, 1.807) is 37.4 Å². The summed E-state index contributed by atoms with van der Waals surface area (Å²) in [6, 6.07) is 13.8. The van der Waals surface area contributed by atoms with Gasteiger partial charge in [-0.1, -0.05) is 28.9 Å². The van der Waals surface area contributed by atoms with Crippen molar-refractivity contribution >= 4 is 23.2 Å². The number of benzene rings is 2. The number of methoxy groups -OCH3 is 2. The molecule has 3 aromatic rings. The van der Waals surface area contributed by atoms with E-state index in [0.29, 0.717) is 28.0 Å². The van der Waals surface area contributed by atoms with Crippen LogP contribution >= 0.6 is 11.6 Å². The van der Waals surface area contributed by atoms with E-state index in [-0.39, 0.29) is 5.69 Å². The van der Waals surface area contributed by atoms with Gasteiger partial charge in [0.15, 0.2) is 11.5 Å². The molecular formula is C18H15ClN2O4. The Morgan fingerprint density at radius 3 is 2.72 bits per heavy atom. The molecular weight excluding hydrogens is 344 g/mol. The number of anilines is 1. The lowest BCUT2D eigenvalue weighted by Crippen LogP contribution is -2.12. The molecule has 1 amide bonds. The molecule has 0 spiro atoms. The van der Waals surface area contributed by atoms with Crippen molar-refractivity contribution in [2.45, 2.75) is 0 Å². The molecule has 25 heavy (non-hydrogen) atoms. The molecule has 3 rings (SSSR count). The minimum atomic E-state index is -0.432. The van der Waals surface area contributed by atoms with Crippen LogP contribution in [0.3, 0.4) is 0 Å². The summed E-state index contributed by atoms with van der Waals surface area (Å²) in [6.07, 6.45) is 0. The topological polar surface area (TPSA) is 73.6 Å². The van der Waals surface area contributed by atoms with E-state index >= 15 is 0 Å². The van der Waals surface area contributed by atoms with Crippen molar-refractivity contribution in [2.24, 2.45) is 0 Å². The third-order valence-electron chi connectivity index (χ3n) is 3.51. The fourth-order valence-electron chi connectivity index (χ4n) is 2.26. The van der Waals surface area contributed by atoms with Crippen LogP contribution in [0.25, 0.3) is 11.3 Å². The van der Waals surface area contributed by atoms with Crippen molar-refractivity contribution < 1.29 is 18.8 Å². The summed E-state index contributed by atoms with van der Waals surface area (Å²) in [5.74, 6) is 1.21. The molecule has 0 saturated carbocycles. The van der Waals surface area contributed by atoms with Crippen LogP contribution in [0.5, 0.6) is 11.5 Å². The molecule has 128 valence electrons. The van der Waals surface area contributed by atoms with Crippen molar-refractivity contribution in [3.8, 4) is 22.8 Å². The Kier molecular flexibility index (Phi) is 4.90. The number of rotatable bonds is 5. The first kappa shape index (κ1) is 16.9. The summed E-state index contributed by atoms with van der Waals surface area (Å²) < 4.78 is 15.7. The number of ether oxygens (including phenoxy) is 2. The number of halogens is 1. The van der Waals surface area contributed by atoms with Crippen molar-refractivity contribution in [1.29, 1.82) is 0 Å². The first-order valence-electron chi connectivity index (χ1n) is 7.36. The summed E-state index contributed by atoms with van der Waals surface area (Å²) >= 11 is 5.96. The van der Waals surface area contributed by atoms with E-state index in [1.807, 2.05) is 18.2 Å². The van der Waals surface area contributed by atoms with Gasteiger partial charge in [-0.15, -0.1) is 0 Å². The van der Waals surface area contributed by atoms with E-state index in [9.17, 15) is 4.79 Å². The van der Waals surface area contributed by atoms with Gasteiger partial charge in [0.1, 0.15) is 11.5 Å². The minimum absolute atomic E-state index is 0.139. The van der Waals surface area contributed by atoms with Gasteiger partial charge in [0.05, 0.1) is 19.9 Å². The van der Waals surface area contributed by atoms with Crippen LogP contribution in [0.15, 0.2) is 53.1 Å². The summed E-state index contributed by atoms with van der Waals surface area (Å²) in [6.45, 7) is 0. The Balaban J connectivity index is 1.82. The van der Waals surface area contributed by atoms with Gasteiger partial charge < -0.3 is 19.3 Å². The smallest absolute Gasteiger partial charge is 0.277 e. The number of nitrogens with one attached hydrogen (secondary N) is 1. The lowest BCUT2D eigenvalue weighted by atomic mass is 10.1. The highest BCUT2D eigenvalue weighted by Gasteiger charge is 2.16. The lowest BCUT2D eigenvalue weighted by Gasteiger charge is -2.09. The van der Waals surface area contributed by atoms with Crippen molar-refractivity contribution in [2.75, 3.05) is 19.5 Å². The Labute approximate surface area is 149 Å². The van der Waals surface area contributed by atoms with Gasteiger partial charge in [0, 0.05) is 16.7 Å². The van der Waals surface area contributed by atoms with Crippen molar-refractivity contribution in [3.05, 3.63) is 59.2 Å². The standard InChI is InChI=1S/C18H15ClN2O4/c1-23-13-5-3-4-11(8-13)17-10-15(21-25-17)18(22)20-14-9-12(19)6-7-16(14)24-2/h3-10H,1-2H3,(H,20,22). The number of hydrogen-bond acceptors (Lipinski definition) is 5. The zero-order valence-electron chi connectivity index (χ0n) is 13.6. The number of amides is 1. The highest BCUT2D eigenvalue weighted by molar-refractivity contribution is 6.31. The number of carbonyl (C=O) groups excluding carboxylic acids is 1. The molecule has 1 aromatic heterocycles. The van der Waals surface area contributed by atoms with Crippen LogP contribution < -0.4 is 14.8 Å². The molecule has 0 fully saturated rings. The lowest BCUT2D eigenvalue weighted by molar-refractivity contribution is 0.101. The molecule has 0 bridgehead atoms. The number of nitrogens with zero attached hydrogens (tertiary/aromatic N) is 1. The van der Waals surface area contributed by atoms with Gasteiger partial charge in [-0.3, -0.25) is 4.79 Å². The average molecular weight is 359 g/mol. The predicted octanol–water partition coefficient (Wildman–Crippen LogP) is 4.26. The molecule has 0 unspecified atom stereocenters. The molecule has 1 heterocycles. The van der Waals surface area contributed by atoms with Gasteiger partial charge in [0.25, 0.3) is 5.91 Å². The maximum absolute atomic E-state index is 12.4. The summed E-state index contributed by atoms with van der Waals surface area (Å²) in [7, 11) is 3.09. The second kappa shape index (κ2) is 7.27. The second-order valence-corrected chi connectivity index (χ2v) is 5.54. The monoisotopic (exact) mass is 358 g/mol. The van der Waals surface area contributed by atoms with E-state index in [4.69, 9.17) is 25.6 Å². The van der Waals surface area contributed by atoms with Crippen molar-refractivity contribution in [3.63, 3.8) is 0 Å². The SMILES string of the molecule is COc1cccc(-c2cc(C(=O)Nc3cc(Cl)ccc3OC)no2)c1. The third kappa shape index (κ3) is 3.75. The molecule has 0 saturated heterocycles. The van der Waals surface area contributed by atoms with Gasteiger partial charge in [-0.2, -0.15) is 0 Å². The summed E-state index contributed by atoms with van der Waals surface area (Å²) in [4.78, 5) is 12.4. The zero-order chi connectivity index (χ0) is 17.8. The third-order valence-corrected chi connectivity index (χ3v) is 3.74. The van der Waals surface area contributed by atoms with Crippen LogP contribution in [0.4, 0.5) is 5.69 Å². The molecule has 6 nitrogen and oxygen atoms in total. The van der Waals surface area contributed by atoms with Crippen LogP contribution in [0.2, 0.25) is 5.02 Å². The van der Waals surface area contributed by atoms with Crippen LogP contribution in [0.1, 0.15) is 10.5 Å². The van der Waals surface area contributed by atoms with Gasteiger partial charge in [-0.25, -0.2) is 0 Å². The first-order chi connectivity index (χ1) is 12.1. The van der Waals surface area contributed by atoms with E-state index in [0.717, 1.165) is 5.56 Å². The second-order valence-electron chi connectivity index (χ2n) is 5.11. The molecule has 0 aliphatic heterocycles. The molecule has 0 radical (unpaired) electrons. The maximum Gasteiger partial charge on any atom is 0.277 e. The highest BCUT2D eigenvalue weighted by Crippen LogP contribution is 2.29. The van der Waals surface area contributed by atoms with E-state index < -0.39 is 5.91 Å². The molecule has 0 atom stereocenters. The van der Waals surface area contributed by atoms with Crippen molar-refractivity contribution in [1.82, 2.24) is 5.16 Å². The normalized spacial score (nSPS) is 10.4. The number of aromatic nitrogens is 1. The van der Waals surface area contributed by atoms with Gasteiger partial charge in [0.2, 0.25) is 0 Å². The molecule has 2 aromatic carbocycles. The zero-order valence-corrected chi connectivity index (χ0v) is 14.3. The van der Waals surface area contributed by atoms with E-state index in [1.165, 1.54) is 7.11 Å². The van der Waals surface area contributed by atoms with Crippen LogP contribution in [-0.2, 0) is 0 Å². The Bertz CT molecular complexity index is 908. The minimum Gasteiger partial charge on any atom is -0.497 e. The summed E-state index contributed by atoms with van der Waals surface area (Å²) in [5.41, 5.74) is 1.34. The highest BCUT2D eigenvalue weighted by atomic mass is 35.5. The fraction of sp³-hybridized carbons (Fsp3) is 0.111. The molecule has 0 aliphatic carbocycles. The van der Waals surface area contributed by atoms with Gasteiger partial charge >= 0.3 is 0 Å².